The normalized spacial score (nSPS) is 32.6. The molecule has 1 saturated carbocycles. The van der Waals surface area contributed by atoms with Crippen molar-refractivity contribution >= 4 is 0 Å². The van der Waals surface area contributed by atoms with Gasteiger partial charge in [0.1, 0.15) is 0 Å². The number of benzene rings is 1. The Bertz CT molecular complexity index is 461. The van der Waals surface area contributed by atoms with Gasteiger partial charge in [-0.3, -0.25) is 0 Å². The molecule has 3 atom stereocenters. The first kappa shape index (κ1) is 13.4. The molecule has 0 heterocycles. The molecule has 0 saturated heterocycles. The van der Waals surface area contributed by atoms with Gasteiger partial charge >= 0.3 is 0 Å². The Morgan fingerprint density at radius 2 is 1.83 bits per heavy atom. The molecule has 3 unspecified atom stereocenters. The third kappa shape index (κ3) is 2.03. The summed E-state index contributed by atoms with van der Waals surface area (Å²) in [4.78, 5) is 0. The van der Waals surface area contributed by atoms with Gasteiger partial charge in [0.15, 0.2) is 17.5 Å². The van der Waals surface area contributed by atoms with E-state index in [-0.39, 0.29) is 11.5 Å². The lowest BCUT2D eigenvalue weighted by molar-refractivity contribution is 0.159. The van der Waals surface area contributed by atoms with Gasteiger partial charge < -0.3 is 5.73 Å². The number of halogens is 3. The third-order valence-corrected chi connectivity index (χ3v) is 4.22. The topological polar surface area (TPSA) is 26.0 Å². The summed E-state index contributed by atoms with van der Waals surface area (Å²) in [6.45, 7) is 4.06. The monoisotopic (exact) mass is 257 g/mol. The summed E-state index contributed by atoms with van der Waals surface area (Å²) >= 11 is 0. The summed E-state index contributed by atoms with van der Waals surface area (Å²) in [5, 5.41) is 0. The fraction of sp³-hybridized carbons (Fsp3) is 0.571. The average Bonchev–Trinajstić information content (AvgIpc) is 2.32. The number of nitrogens with two attached hydrogens (primary N) is 1. The van der Waals surface area contributed by atoms with Crippen LogP contribution in [0.3, 0.4) is 0 Å². The highest BCUT2D eigenvalue weighted by molar-refractivity contribution is 5.29. The smallest absolute Gasteiger partial charge is 0.194 e. The Morgan fingerprint density at radius 3 is 2.44 bits per heavy atom. The highest BCUT2D eigenvalue weighted by Gasteiger charge is 2.40. The van der Waals surface area contributed by atoms with Crippen molar-refractivity contribution < 1.29 is 13.2 Å². The van der Waals surface area contributed by atoms with Crippen LogP contribution in [0.5, 0.6) is 0 Å². The summed E-state index contributed by atoms with van der Waals surface area (Å²) in [6, 6.07) is 2.23. The minimum atomic E-state index is -1.43. The summed E-state index contributed by atoms with van der Waals surface area (Å²) < 4.78 is 40.1. The molecule has 1 aliphatic rings. The van der Waals surface area contributed by atoms with Crippen molar-refractivity contribution in [1.29, 1.82) is 0 Å². The average molecular weight is 257 g/mol. The Labute approximate surface area is 105 Å². The van der Waals surface area contributed by atoms with E-state index < -0.39 is 23.0 Å². The van der Waals surface area contributed by atoms with E-state index in [0.29, 0.717) is 12.3 Å². The summed E-state index contributed by atoms with van der Waals surface area (Å²) in [5.41, 5.74) is 5.48. The van der Waals surface area contributed by atoms with E-state index in [0.717, 1.165) is 18.9 Å². The summed E-state index contributed by atoms with van der Waals surface area (Å²) in [5.74, 6) is -3.16. The molecule has 1 nitrogen and oxygen atoms in total. The van der Waals surface area contributed by atoms with Gasteiger partial charge in [-0.25, -0.2) is 13.2 Å². The van der Waals surface area contributed by atoms with Gasteiger partial charge in [0.2, 0.25) is 0 Å². The van der Waals surface area contributed by atoms with E-state index in [9.17, 15) is 13.2 Å². The number of hydrogen-bond acceptors (Lipinski definition) is 1. The number of rotatable bonds is 1. The highest BCUT2D eigenvalue weighted by atomic mass is 19.2. The first-order valence-electron chi connectivity index (χ1n) is 6.29. The second-order valence-electron chi connectivity index (χ2n) is 5.54. The first-order valence-corrected chi connectivity index (χ1v) is 6.29. The largest absolute Gasteiger partial charge is 0.321 e. The van der Waals surface area contributed by atoms with E-state index in [4.69, 9.17) is 5.73 Å². The third-order valence-electron chi connectivity index (χ3n) is 4.22. The van der Waals surface area contributed by atoms with Crippen LogP contribution in [0, 0.1) is 29.3 Å². The minimum Gasteiger partial charge on any atom is -0.321 e. The molecule has 0 aromatic heterocycles. The quantitative estimate of drug-likeness (QED) is 0.762. The Hall–Kier alpha value is -1.03. The van der Waals surface area contributed by atoms with Crippen molar-refractivity contribution in [2.45, 2.75) is 38.6 Å². The highest BCUT2D eigenvalue weighted by Crippen LogP contribution is 2.42. The molecule has 4 heteroatoms. The zero-order valence-corrected chi connectivity index (χ0v) is 10.6. The molecule has 1 fully saturated rings. The van der Waals surface area contributed by atoms with E-state index in [1.54, 1.807) is 0 Å². The van der Waals surface area contributed by atoms with Gasteiger partial charge in [-0.15, -0.1) is 0 Å². The molecule has 0 radical (unpaired) electrons. The van der Waals surface area contributed by atoms with Crippen LogP contribution in [0.4, 0.5) is 13.2 Å². The zero-order chi connectivity index (χ0) is 13.5. The molecular formula is C14H18F3N. The maximum Gasteiger partial charge on any atom is 0.194 e. The van der Waals surface area contributed by atoms with Crippen LogP contribution >= 0.6 is 0 Å². The molecule has 2 N–H and O–H groups in total. The van der Waals surface area contributed by atoms with Crippen LogP contribution in [0.2, 0.25) is 0 Å². The Kier molecular flexibility index (Phi) is 3.41. The minimum absolute atomic E-state index is 0.0422. The lowest BCUT2D eigenvalue weighted by Crippen LogP contribution is -2.47. The van der Waals surface area contributed by atoms with E-state index in [2.05, 4.69) is 6.92 Å². The SMILES string of the molecule is CC1CCC(N)(c2ccc(F)c(F)c2F)C(C)C1. The maximum atomic E-state index is 13.9. The zero-order valence-electron chi connectivity index (χ0n) is 10.6. The van der Waals surface area contributed by atoms with Gasteiger partial charge in [-0.05, 0) is 37.2 Å². The van der Waals surface area contributed by atoms with Gasteiger partial charge in [0, 0.05) is 11.1 Å². The molecule has 18 heavy (non-hydrogen) atoms. The number of hydrogen-bond donors (Lipinski definition) is 1. The van der Waals surface area contributed by atoms with Gasteiger partial charge in [-0.2, -0.15) is 0 Å². The van der Waals surface area contributed by atoms with Crippen LogP contribution in [0.1, 0.15) is 38.7 Å². The van der Waals surface area contributed by atoms with Crippen molar-refractivity contribution in [3.8, 4) is 0 Å². The van der Waals surface area contributed by atoms with Crippen molar-refractivity contribution in [3.63, 3.8) is 0 Å². The van der Waals surface area contributed by atoms with Gasteiger partial charge in [0.25, 0.3) is 0 Å². The fourth-order valence-electron chi connectivity index (χ4n) is 2.95. The molecule has 0 bridgehead atoms. The maximum absolute atomic E-state index is 13.9. The fourth-order valence-corrected chi connectivity index (χ4v) is 2.95. The van der Waals surface area contributed by atoms with Crippen molar-refractivity contribution in [2.75, 3.05) is 0 Å². The lowest BCUT2D eigenvalue weighted by atomic mass is 9.67. The molecule has 1 aromatic rings. The van der Waals surface area contributed by atoms with E-state index in [1.165, 1.54) is 6.07 Å². The summed E-state index contributed by atoms with van der Waals surface area (Å²) in [7, 11) is 0. The van der Waals surface area contributed by atoms with Gasteiger partial charge in [0.05, 0.1) is 0 Å². The molecule has 1 aromatic carbocycles. The van der Waals surface area contributed by atoms with Crippen LogP contribution in [0.15, 0.2) is 12.1 Å². The molecule has 100 valence electrons. The summed E-state index contributed by atoms with van der Waals surface area (Å²) in [6.07, 6.45) is 2.34. The first-order chi connectivity index (χ1) is 8.36. The van der Waals surface area contributed by atoms with Crippen molar-refractivity contribution in [2.24, 2.45) is 17.6 Å². The van der Waals surface area contributed by atoms with Crippen LogP contribution in [-0.2, 0) is 5.54 Å². The predicted octanol–water partition coefficient (Wildman–Crippen LogP) is 3.71. The van der Waals surface area contributed by atoms with Crippen LogP contribution in [0.25, 0.3) is 0 Å². The second kappa shape index (κ2) is 4.57. The van der Waals surface area contributed by atoms with Crippen molar-refractivity contribution in [1.82, 2.24) is 0 Å². The Balaban J connectivity index is 2.44. The molecule has 1 aliphatic carbocycles. The molecule has 0 amide bonds. The van der Waals surface area contributed by atoms with E-state index in [1.807, 2.05) is 6.92 Å². The standard InChI is InChI=1S/C14H18F3N/c1-8-5-6-14(18,9(2)7-8)10-3-4-11(15)13(17)12(10)16/h3-4,8-9H,5-7,18H2,1-2H3. The molecule has 0 aliphatic heterocycles. The lowest BCUT2D eigenvalue weighted by Gasteiger charge is -2.42. The molecular weight excluding hydrogens is 239 g/mol. The second-order valence-corrected chi connectivity index (χ2v) is 5.54. The molecule has 0 spiro atoms. The van der Waals surface area contributed by atoms with Crippen molar-refractivity contribution in [3.05, 3.63) is 35.1 Å². The van der Waals surface area contributed by atoms with E-state index >= 15 is 0 Å². The van der Waals surface area contributed by atoms with Gasteiger partial charge in [-0.1, -0.05) is 19.9 Å². The molecule has 2 rings (SSSR count). The van der Waals surface area contributed by atoms with Crippen LogP contribution < -0.4 is 5.73 Å². The Morgan fingerprint density at radius 1 is 1.17 bits per heavy atom. The van der Waals surface area contributed by atoms with Crippen LogP contribution in [-0.4, -0.2) is 0 Å². The predicted molar refractivity (Wildman–Crippen MR) is 64.4 cm³/mol.